The molecule has 0 heterocycles. The van der Waals surface area contributed by atoms with Gasteiger partial charge in [0.25, 0.3) is 0 Å². The number of rotatable bonds is 7. The van der Waals surface area contributed by atoms with Gasteiger partial charge >= 0.3 is 0 Å². The van der Waals surface area contributed by atoms with Crippen LogP contribution in [-0.4, -0.2) is 31.2 Å². The number of ether oxygens (including phenoxy) is 2. The molecule has 0 fully saturated rings. The molecule has 0 saturated carbocycles. The second-order valence-corrected chi connectivity index (χ2v) is 6.64. The van der Waals surface area contributed by atoms with E-state index in [1.807, 2.05) is 25.1 Å². The monoisotopic (exact) mass is 344 g/mol. The van der Waals surface area contributed by atoms with Crippen LogP contribution in [0.3, 0.4) is 0 Å². The highest BCUT2D eigenvalue weighted by Crippen LogP contribution is 2.35. The van der Waals surface area contributed by atoms with E-state index >= 15 is 0 Å². The van der Waals surface area contributed by atoms with Crippen LogP contribution in [0.25, 0.3) is 0 Å². The van der Waals surface area contributed by atoms with E-state index in [2.05, 4.69) is 25.1 Å². The largest absolute Gasteiger partial charge is 0.494 e. The van der Waals surface area contributed by atoms with Crippen LogP contribution >= 0.6 is 0 Å². The number of hydrogen-bond donors (Lipinski definition) is 1. The molecule has 4 heteroatoms. The molecule has 0 spiro atoms. The summed E-state index contributed by atoms with van der Waals surface area (Å²) in [7, 11) is 2.89. The van der Waals surface area contributed by atoms with E-state index in [0.717, 1.165) is 12.8 Å². The molecule has 0 saturated heterocycles. The fourth-order valence-electron chi connectivity index (χ4n) is 3.30. The highest BCUT2D eigenvalue weighted by Gasteiger charge is 2.42. The van der Waals surface area contributed by atoms with Gasteiger partial charge in [-0.1, -0.05) is 48.9 Å². The molecule has 0 aliphatic heterocycles. The molecule has 1 aromatic rings. The van der Waals surface area contributed by atoms with Gasteiger partial charge < -0.3 is 14.6 Å². The lowest BCUT2D eigenvalue weighted by Crippen LogP contribution is -2.40. The molecule has 0 aromatic heterocycles. The molecule has 25 heavy (non-hydrogen) atoms. The number of ketones is 1. The van der Waals surface area contributed by atoms with Crippen molar-refractivity contribution < 1.29 is 19.4 Å². The van der Waals surface area contributed by atoms with Gasteiger partial charge in [0.05, 0.1) is 14.2 Å². The molecule has 136 valence electrons. The number of carbonyl (C=O) groups is 1. The maximum Gasteiger partial charge on any atom is 0.204 e. The van der Waals surface area contributed by atoms with Gasteiger partial charge in [-0.2, -0.15) is 0 Å². The molecular formula is C21H28O4. The second kappa shape index (κ2) is 8.86. The van der Waals surface area contributed by atoms with E-state index in [1.54, 1.807) is 0 Å². The Hall–Kier alpha value is -2.07. The predicted octanol–water partition coefficient (Wildman–Crippen LogP) is 3.66. The molecule has 0 bridgehead atoms. The molecule has 0 amide bonds. The third-order valence-corrected chi connectivity index (χ3v) is 4.99. The fraction of sp³-hybridized carbons (Fsp3) is 0.476. The zero-order valence-electron chi connectivity index (χ0n) is 15.5. The first kappa shape index (κ1) is 19.3. The molecule has 0 radical (unpaired) electrons. The van der Waals surface area contributed by atoms with Crippen LogP contribution < -0.4 is 0 Å². The van der Waals surface area contributed by atoms with Gasteiger partial charge in [-0.05, 0) is 31.7 Å². The number of carbonyl (C=O) groups excluding carboxylic acids is 1. The fourth-order valence-corrected chi connectivity index (χ4v) is 3.30. The zero-order valence-corrected chi connectivity index (χ0v) is 15.5. The highest BCUT2D eigenvalue weighted by molar-refractivity contribution is 5.97. The number of allylic oxidation sites excluding steroid dienone is 3. The minimum absolute atomic E-state index is 0.106. The molecule has 3 atom stereocenters. The van der Waals surface area contributed by atoms with Crippen molar-refractivity contribution in [1.82, 2.24) is 0 Å². The number of aliphatic hydroxyl groups is 1. The summed E-state index contributed by atoms with van der Waals surface area (Å²) in [6, 6.07) is 10.4. The van der Waals surface area contributed by atoms with Gasteiger partial charge in [0.2, 0.25) is 11.5 Å². The topological polar surface area (TPSA) is 55.8 Å². The minimum atomic E-state index is -0.828. The van der Waals surface area contributed by atoms with Crippen LogP contribution in [0.15, 0.2) is 53.5 Å². The maximum absolute atomic E-state index is 12.4. The average Bonchev–Trinajstić information content (AvgIpc) is 2.63. The number of aliphatic hydroxyl groups excluding tert-OH is 1. The minimum Gasteiger partial charge on any atom is -0.494 e. The lowest BCUT2D eigenvalue weighted by atomic mass is 9.77. The number of methoxy groups -OCH3 is 2. The second-order valence-electron chi connectivity index (χ2n) is 6.64. The molecule has 3 unspecified atom stereocenters. The highest BCUT2D eigenvalue weighted by atomic mass is 16.5. The normalized spacial score (nSPS) is 24.4. The summed E-state index contributed by atoms with van der Waals surface area (Å²) in [5, 5.41) is 10.6. The summed E-state index contributed by atoms with van der Waals surface area (Å²) in [6.45, 7) is 3.94. The summed E-state index contributed by atoms with van der Waals surface area (Å²) in [5.74, 6) is -0.227. The van der Waals surface area contributed by atoms with Crippen molar-refractivity contribution in [1.29, 1.82) is 0 Å². The smallest absolute Gasteiger partial charge is 0.204 e. The van der Waals surface area contributed by atoms with Gasteiger partial charge in [-0.25, -0.2) is 0 Å². The van der Waals surface area contributed by atoms with Crippen LogP contribution in [0.4, 0.5) is 0 Å². The Kier molecular flexibility index (Phi) is 6.82. The van der Waals surface area contributed by atoms with Crippen molar-refractivity contribution in [3.05, 3.63) is 59.1 Å². The van der Waals surface area contributed by atoms with Crippen molar-refractivity contribution in [2.75, 3.05) is 14.2 Å². The molecule has 1 N–H and O–H groups in total. The Labute approximate surface area is 150 Å². The van der Waals surface area contributed by atoms with Gasteiger partial charge in [-0.3, -0.25) is 4.79 Å². The van der Waals surface area contributed by atoms with Gasteiger partial charge in [-0.15, -0.1) is 0 Å². The number of aryl methyl sites for hydroxylation is 1. The van der Waals surface area contributed by atoms with Crippen molar-refractivity contribution in [3.8, 4) is 0 Å². The number of benzene rings is 1. The first-order valence-corrected chi connectivity index (χ1v) is 8.73. The predicted molar refractivity (Wildman–Crippen MR) is 97.8 cm³/mol. The molecule has 2 rings (SSSR count). The van der Waals surface area contributed by atoms with Crippen molar-refractivity contribution >= 4 is 5.78 Å². The lowest BCUT2D eigenvalue weighted by Gasteiger charge is -2.33. The van der Waals surface area contributed by atoms with Crippen molar-refractivity contribution in [2.45, 2.75) is 39.2 Å². The van der Waals surface area contributed by atoms with E-state index in [4.69, 9.17) is 9.47 Å². The molecule has 4 nitrogen and oxygen atoms in total. The van der Waals surface area contributed by atoms with Crippen LogP contribution in [0.5, 0.6) is 0 Å². The van der Waals surface area contributed by atoms with E-state index in [9.17, 15) is 9.90 Å². The van der Waals surface area contributed by atoms with Crippen LogP contribution in [0, 0.1) is 11.8 Å². The van der Waals surface area contributed by atoms with Gasteiger partial charge in [0.15, 0.2) is 5.76 Å². The first-order chi connectivity index (χ1) is 12.0. The van der Waals surface area contributed by atoms with E-state index in [0.29, 0.717) is 6.42 Å². The zero-order chi connectivity index (χ0) is 18.4. The van der Waals surface area contributed by atoms with Crippen LogP contribution in [-0.2, 0) is 20.7 Å². The maximum atomic E-state index is 12.4. The van der Waals surface area contributed by atoms with Crippen LogP contribution in [0.2, 0.25) is 0 Å². The van der Waals surface area contributed by atoms with E-state index in [1.165, 1.54) is 25.4 Å². The van der Waals surface area contributed by atoms with E-state index in [-0.39, 0.29) is 29.1 Å². The third-order valence-electron chi connectivity index (χ3n) is 4.99. The van der Waals surface area contributed by atoms with Gasteiger partial charge in [0, 0.05) is 11.8 Å². The molecule has 1 aromatic carbocycles. The molecule has 1 aliphatic rings. The number of hydrogen-bond acceptors (Lipinski definition) is 4. The summed E-state index contributed by atoms with van der Waals surface area (Å²) in [6.07, 6.45) is 3.89. The van der Waals surface area contributed by atoms with Crippen molar-refractivity contribution in [3.63, 3.8) is 0 Å². The SMILES string of the molecule is COC1=C(OC)C(O)C(CC=C(C)CCc2ccccc2)C(C)C1=O. The van der Waals surface area contributed by atoms with Crippen LogP contribution in [0.1, 0.15) is 32.3 Å². The summed E-state index contributed by atoms with van der Waals surface area (Å²) >= 11 is 0. The Bertz CT molecular complexity index is 645. The number of Topliss-reactive ketones (excluding diaryl/α,β-unsaturated/α-hetero) is 1. The molecule has 1 aliphatic carbocycles. The van der Waals surface area contributed by atoms with Crippen molar-refractivity contribution in [2.24, 2.45) is 11.8 Å². The standard InChI is InChI=1S/C21H28O4/c1-14(10-12-16-8-6-5-7-9-16)11-13-17-15(2)18(22)20(24-3)21(25-4)19(17)23/h5-9,11,15,17,19,23H,10,12-13H2,1-4H3. The first-order valence-electron chi connectivity index (χ1n) is 8.73. The Morgan fingerprint density at radius 1 is 1.20 bits per heavy atom. The molecular weight excluding hydrogens is 316 g/mol. The van der Waals surface area contributed by atoms with Gasteiger partial charge in [0.1, 0.15) is 6.10 Å². The Morgan fingerprint density at radius 3 is 2.48 bits per heavy atom. The Balaban J connectivity index is 2.03. The summed E-state index contributed by atoms with van der Waals surface area (Å²) in [4.78, 5) is 12.4. The quantitative estimate of drug-likeness (QED) is 0.767. The Morgan fingerprint density at radius 2 is 1.88 bits per heavy atom. The average molecular weight is 344 g/mol. The van der Waals surface area contributed by atoms with E-state index < -0.39 is 6.10 Å². The third kappa shape index (κ3) is 4.51. The lowest BCUT2D eigenvalue weighted by molar-refractivity contribution is -0.128. The summed E-state index contributed by atoms with van der Waals surface area (Å²) in [5.41, 5.74) is 2.57. The summed E-state index contributed by atoms with van der Waals surface area (Å²) < 4.78 is 10.4.